The van der Waals surface area contributed by atoms with Crippen LogP contribution in [0.1, 0.15) is 9.67 Å². The summed E-state index contributed by atoms with van der Waals surface area (Å²) in [5.74, 6) is -1.44. The number of carbonyl (C=O) groups excluding carboxylic acids is 1. The molecule has 1 aliphatic heterocycles. The quantitative estimate of drug-likeness (QED) is 0.836. The topological polar surface area (TPSA) is 84.9 Å². The van der Waals surface area contributed by atoms with Crippen molar-refractivity contribution in [3.63, 3.8) is 0 Å². The second kappa shape index (κ2) is 5.26. The van der Waals surface area contributed by atoms with Gasteiger partial charge in [0.2, 0.25) is 0 Å². The molecule has 6 nitrogen and oxygen atoms in total. The molecule has 2 N–H and O–H groups in total. The van der Waals surface area contributed by atoms with Crippen LogP contribution in [0.2, 0.25) is 0 Å². The molecule has 0 bridgehead atoms. The normalized spacial score (nSPS) is 19.9. The van der Waals surface area contributed by atoms with Gasteiger partial charge in [-0.3, -0.25) is 4.79 Å². The molecule has 1 unspecified atom stereocenters. The first-order valence-electron chi connectivity index (χ1n) is 4.99. The Hall–Kier alpha value is -1.44. The van der Waals surface area contributed by atoms with Crippen molar-refractivity contribution >= 4 is 28.9 Å². The Bertz CT molecular complexity index is 424. The number of carboxylic acid groups (broad SMARTS) is 1. The molecule has 1 atom stereocenters. The van der Waals surface area contributed by atoms with Gasteiger partial charge < -0.3 is 19.9 Å². The third kappa shape index (κ3) is 2.82. The number of anilines is 1. The molecule has 1 aromatic rings. The van der Waals surface area contributed by atoms with Gasteiger partial charge in [0.1, 0.15) is 4.88 Å². The second-order valence-electron chi connectivity index (χ2n) is 3.39. The number of carboxylic acids is 1. The summed E-state index contributed by atoms with van der Waals surface area (Å²) in [6.45, 7) is 1.04. The van der Waals surface area contributed by atoms with Crippen LogP contribution in [0.3, 0.4) is 0 Å². The highest BCUT2D eigenvalue weighted by atomic mass is 32.1. The Morgan fingerprint density at radius 2 is 2.29 bits per heavy atom. The minimum Gasteiger partial charge on any atom is -0.477 e. The van der Waals surface area contributed by atoms with Crippen molar-refractivity contribution in [2.24, 2.45) is 0 Å². The maximum Gasteiger partial charge on any atom is 0.348 e. The van der Waals surface area contributed by atoms with Gasteiger partial charge in [0.25, 0.3) is 5.91 Å². The first-order valence-corrected chi connectivity index (χ1v) is 5.87. The molecule has 2 heterocycles. The van der Waals surface area contributed by atoms with E-state index in [0.29, 0.717) is 18.9 Å². The zero-order valence-electron chi connectivity index (χ0n) is 8.84. The van der Waals surface area contributed by atoms with Crippen molar-refractivity contribution in [2.45, 2.75) is 6.10 Å². The average molecular weight is 257 g/mol. The van der Waals surface area contributed by atoms with E-state index in [4.69, 9.17) is 14.6 Å². The van der Waals surface area contributed by atoms with Crippen LogP contribution in [0.25, 0.3) is 0 Å². The Kier molecular flexibility index (Phi) is 3.72. The van der Waals surface area contributed by atoms with E-state index in [1.807, 2.05) is 0 Å². The largest absolute Gasteiger partial charge is 0.477 e. The summed E-state index contributed by atoms with van der Waals surface area (Å²) in [6, 6.07) is 1.55. The van der Waals surface area contributed by atoms with E-state index in [-0.39, 0.29) is 17.4 Å². The van der Waals surface area contributed by atoms with Gasteiger partial charge in [-0.15, -0.1) is 11.3 Å². The number of hydrogen-bond donors (Lipinski definition) is 2. The number of aromatic carboxylic acids is 1. The first kappa shape index (κ1) is 12.0. The van der Waals surface area contributed by atoms with Crippen LogP contribution < -0.4 is 5.32 Å². The van der Waals surface area contributed by atoms with E-state index in [0.717, 1.165) is 11.3 Å². The molecule has 2 rings (SSSR count). The van der Waals surface area contributed by atoms with Crippen LogP contribution in [0.15, 0.2) is 11.4 Å². The zero-order chi connectivity index (χ0) is 12.3. The summed E-state index contributed by atoms with van der Waals surface area (Å²) in [7, 11) is 0. The van der Waals surface area contributed by atoms with Gasteiger partial charge in [-0.05, 0) is 11.4 Å². The van der Waals surface area contributed by atoms with Crippen LogP contribution in [0.5, 0.6) is 0 Å². The van der Waals surface area contributed by atoms with Crippen molar-refractivity contribution in [3.8, 4) is 0 Å². The summed E-state index contributed by atoms with van der Waals surface area (Å²) in [6.07, 6.45) is -0.676. The average Bonchev–Trinajstić information content (AvgIpc) is 2.78. The van der Waals surface area contributed by atoms with Gasteiger partial charge in [-0.1, -0.05) is 0 Å². The van der Waals surface area contributed by atoms with Gasteiger partial charge in [0, 0.05) is 0 Å². The fourth-order valence-electron chi connectivity index (χ4n) is 1.43. The summed E-state index contributed by atoms with van der Waals surface area (Å²) in [5.41, 5.74) is 0.293. The van der Waals surface area contributed by atoms with E-state index < -0.39 is 12.1 Å². The highest BCUT2D eigenvalue weighted by molar-refractivity contribution is 7.12. The Labute approximate surface area is 101 Å². The first-order chi connectivity index (χ1) is 8.18. The van der Waals surface area contributed by atoms with Gasteiger partial charge in [0.15, 0.2) is 6.10 Å². The fourth-order valence-corrected chi connectivity index (χ4v) is 2.11. The van der Waals surface area contributed by atoms with E-state index in [9.17, 15) is 9.59 Å². The number of amides is 1. The van der Waals surface area contributed by atoms with Crippen molar-refractivity contribution in [1.29, 1.82) is 0 Å². The molecule has 1 aromatic heterocycles. The molecule has 0 spiro atoms. The molecule has 0 saturated carbocycles. The number of hydrogen-bond acceptors (Lipinski definition) is 5. The molecule has 92 valence electrons. The van der Waals surface area contributed by atoms with Crippen molar-refractivity contribution in [1.82, 2.24) is 0 Å². The predicted octanol–water partition coefficient (Wildman–Crippen LogP) is 0.800. The van der Waals surface area contributed by atoms with E-state index in [1.54, 1.807) is 11.4 Å². The number of rotatable bonds is 3. The minimum atomic E-state index is -1.06. The maximum atomic E-state index is 11.7. The van der Waals surface area contributed by atoms with Crippen molar-refractivity contribution in [3.05, 3.63) is 16.3 Å². The van der Waals surface area contributed by atoms with Gasteiger partial charge in [-0.2, -0.15) is 0 Å². The number of carbonyl (C=O) groups is 2. The van der Waals surface area contributed by atoms with Crippen molar-refractivity contribution in [2.75, 3.05) is 25.1 Å². The van der Waals surface area contributed by atoms with Crippen LogP contribution in [0.4, 0.5) is 5.69 Å². The van der Waals surface area contributed by atoms with Gasteiger partial charge in [0.05, 0.1) is 25.5 Å². The third-order valence-electron chi connectivity index (χ3n) is 2.23. The third-order valence-corrected chi connectivity index (χ3v) is 3.13. The lowest BCUT2D eigenvalue weighted by atomic mass is 10.3. The smallest absolute Gasteiger partial charge is 0.348 e. The van der Waals surface area contributed by atoms with E-state index in [2.05, 4.69) is 5.32 Å². The summed E-state index contributed by atoms with van der Waals surface area (Å²) < 4.78 is 10.3. The lowest BCUT2D eigenvalue weighted by molar-refractivity contribution is -0.142. The van der Waals surface area contributed by atoms with Crippen LogP contribution in [0, 0.1) is 0 Å². The van der Waals surface area contributed by atoms with Crippen molar-refractivity contribution < 1.29 is 24.2 Å². The fraction of sp³-hybridized carbons (Fsp3) is 0.400. The highest BCUT2D eigenvalue weighted by Gasteiger charge is 2.24. The van der Waals surface area contributed by atoms with Gasteiger partial charge in [-0.25, -0.2) is 4.79 Å². The SMILES string of the molecule is O=C(O)c1sccc1NC(=O)C1COCCO1. The molecule has 1 aliphatic rings. The molecule has 0 aromatic carbocycles. The van der Waals surface area contributed by atoms with Crippen LogP contribution in [-0.2, 0) is 14.3 Å². The molecule has 0 aliphatic carbocycles. The standard InChI is InChI=1S/C10H11NO5S/c12-9(7-5-15-2-3-16-7)11-6-1-4-17-8(6)10(13)14/h1,4,7H,2-3,5H2,(H,11,12)(H,13,14). The predicted molar refractivity (Wildman–Crippen MR) is 60.5 cm³/mol. The van der Waals surface area contributed by atoms with E-state index >= 15 is 0 Å². The summed E-state index contributed by atoms with van der Waals surface area (Å²) in [5, 5.41) is 13.0. The monoisotopic (exact) mass is 257 g/mol. The van der Waals surface area contributed by atoms with E-state index in [1.165, 1.54) is 0 Å². The highest BCUT2D eigenvalue weighted by Crippen LogP contribution is 2.22. The number of ether oxygens (including phenoxy) is 2. The zero-order valence-corrected chi connectivity index (χ0v) is 9.66. The molecule has 0 radical (unpaired) electrons. The number of nitrogens with one attached hydrogen (secondary N) is 1. The van der Waals surface area contributed by atoms with Crippen LogP contribution in [-0.4, -0.2) is 42.9 Å². The summed E-state index contributed by atoms with van der Waals surface area (Å²) >= 11 is 1.06. The molecular formula is C10H11NO5S. The van der Waals surface area contributed by atoms with Crippen LogP contribution >= 0.6 is 11.3 Å². The van der Waals surface area contributed by atoms with Gasteiger partial charge >= 0.3 is 5.97 Å². The number of thiophene rings is 1. The summed E-state index contributed by atoms with van der Waals surface area (Å²) in [4.78, 5) is 22.7. The molecule has 1 fully saturated rings. The molecule has 1 amide bonds. The Morgan fingerprint density at radius 1 is 1.47 bits per heavy atom. The Morgan fingerprint density at radius 3 is 2.94 bits per heavy atom. The minimum absolute atomic E-state index is 0.107. The lowest BCUT2D eigenvalue weighted by Gasteiger charge is -2.21. The molecule has 7 heteroatoms. The Balaban J connectivity index is 2.02. The molecule has 1 saturated heterocycles. The second-order valence-corrected chi connectivity index (χ2v) is 4.31. The molecule has 17 heavy (non-hydrogen) atoms. The molecular weight excluding hydrogens is 246 g/mol. The maximum absolute atomic E-state index is 11.7. The lowest BCUT2D eigenvalue weighted by Crippen LogP contribution is -2.39.